The number of hydrogen-bond donors (Lipinski definition) is 1. The fourth-order valence-corrected chi connectivity index (χ4v) is 6.99. The van der Waals surface area contributed by atoms with Crippen molar-refractivity contribution in [2.75, 3.05) is 4.90 Å². The predicted octanol–water partition coefficient (Wildman–Crippen LogP) is 3.94. The lowest BCUT2D eigenvalue weighted by Gasteiger charge is -2.32. The molecule has 4 atom stereocenters. The zero-order valence-electron chi connectivity index (χ0n) is 21.5. The summed E-state index contributed by atoms with van der Waals surface area (Å²) in [6.07, 6.45) is 0.703. The van der Waals surface area contributed by atoms with Crippen molar-refractivity contribution >= 4 is 28.4 Å². The Morgan fingerprint density at radius 2 is 1.58 bits per heavy atom. The highest BCUT2D eigenvalue weighted by atomic mass is 16.2. The van der Waals surface area contributed by atoms with Gasteiger partial charge in [-0.15, -0.1) is 0 Å². The molecule has 0 radical (unpaired) electrons. The molecule has 1 spiro atoms. The summed E-state index contributed by atoms with van der Waals surface area (Å²) in [7, 11) is 0. The first-order valence-corrected chi connectivity index (χ1v) is 13.3. The number of aryl methyl sites for hydroxylation is 1. The SMILES string of the molecule is CCc1ccccc1N1C(=O)[C@H]2[C@@H](C(C)C)N[C@]3(c4ccccc4-n4c3nc3ccccc3c4=O)[C@H]2C1=O. The van der Waals surface area contributed by atoms with E-state index in [1.165, 1.54) is 4.90 Å². The van der Waals surface area contributed by atoms with E-state index in [9.17, 15) is 14.4 Å². The van der Waals surface area contributed by atoms with Gasteiger partial charge in [0.25, 0.3) is 5.56 Å². The van der Waals surface area contributed by atoms with Gasteiger partial charge in [-0.3, -0.25) is 24.3 Å². The Morgan fingerprint density at radius 1 is 0.895 bits per heavy atom. The lowest BCUT2D eigenvalue weighted by atomic mass is 9.75. The Labute approximate surface area is 220 Å². The second-order valence-corrected chi connectivity index (χ2v) is 10.8. The van der Waals surface area contributed by atoms with E-state index in [1.54, 1.807) is 10.6 Å². The van der Waals surface area contributed by atoms with E-state index in [4.69, 9.17) is 4.98 Å². The summed E-state index contributed by atoms with van der Waals surface area (Å²) in [6, 6.07) is 22.3. The third-order valence-electron chi connectivity index (χ3n) is 8.63. The molecule has 7 heteroatoms. The first-order valence-electron chi connectivity index (χ1n) is 13.3. The first-order chi connectivity index (χ1) is 18.4. The molecule has 38 heavy (non-hydrogen) atoms. The maximum atomic E-state index is 14.5. The molecule has 7 rings (SSSR count). The van der Waals surface area contributed by atoms with Crippen molar-refractivity contribution in [3.63, 3.8) is 0 Å². The zero-order valence-corrected chi connectivity index (χ0v) is 21.5. The molecule has 4 heterocycles. The maximum absolute atomic E-state index is 14.5. The molecule has 2 amide bonds. The van der Waals surface area contributed by atoms with E-state index in [2.05, 4.69) is 19.2 Å². The molecule has 0 aliphatic carbocycles. The van der Waals surface area contributed by atoms with Gasteiger partial charge in [0.1, 0.15) is 11.4 Å². The van der Waals surface area contributed by atoms with E-state index in [1.807, 2.05) is 73.7 Å². The van der Waals surface area contributed by atoms with Crippen LogP contribution in [0.15, 0.2) is 77.6 Å². The predicted molar refractivity (Wildman–Crippen MR) is 145 cm³/mol. The quantitative estimate of drug-likeness (QED) is 0.428. The van der Waals surface area contributed by atoms with Crippen LogP contribution in [0, 0.1) is 17.8 Å². The minimum atomic E-state index is -1.11. The molecule has 190 valence electrons. The molecule has 2 saturated heterocycles. The van der Waals surface area contributed by atoms with Gasteiger partial charge < -0.3 is 0 Å². The maximum Gasteiger partial charge on any atom is 0.266 e. The third kappa shape index (κ3) is 2.72. The van der Waals surface area contributed by atoms with Gasteiger partial charge >= 0.3 is 0 Å². The van der Waals surface area contributed by atoms with Crippen LogP contribution >= 0.6 is 0 Å². The summed E-state index contributed by atoms with van der Waals surface area (Å²) in [5.74, 6) is -1.23. The number of nitrogens with one attached hydrogen (secondary N) is 1. The Kier molecular flexibility index (Phi) is 4.82. The van der Waals surface area contributed by atoms with Crippen LogP contribution in [0.4, 0.5) is 5.69 Å². The number of imide groups is 1. The van der Waals surface area contributed by atoms with Crippen molar-refractivity contribution in [3.05, 3.63) is 100 Å². The standard InChI is InChI=1S/C31H28N4O3/c1-4-18-11-5-9-15-22(18)34-28(37)24-25(29(34)38)31(33-26(24)17(2)3)20-13-7-10-16-23(20)35-27(36)19-12-6-8-14-21(19)32-30(31)35/h5-17,24-26,33H,4H2,1-3H3/t24-,25-,26-,31-/m1/s1. The van der Waals surface area contributed by atoms with Crippen molar-refractivity contribution in [1.29, 1.82) is 0 Å². The molecule has 4 aromatic rings. The smallest absolute Gasteiger partial charge is 0.266 e. The lowest BCUT2D eigenvalue weighted by Crippen LogP contribution is -2.51. The van der Waals surface area contributed by atoms with Gasteiger partial charge in [0.2, 0.25) is 11.8 Å². The number of amides is 2. The van der Waals surface area contributed by atoms with Crippen LogP contribution < -0.4 is 15.8 Å². The summed E-state index contributed by atoms with van der Waals surface area (Å²) in [4.78, 5) is 49.0. The van der Waals surface area contributed by atoms with Gasteiger partial charge in [-0.25, -0.2) is 9.88 Å². The Hall–Kier alpha value is -4.10. The van der Waals surface area contributed by atoms with Gasteiger partial charge in [-0.05, 0) is 42.2 Å². The van der Waals surface area contributed by atoms with E-state index in [0.717, 1.165) is 11.1 Å². The molecule has 2 fully saturated rings. The first kappa shape index (κ1) is 23.0. The molecule has 0 saturated carbocycles. The number of aromatic nitrogens is 2. The van der Waals surface area contributed by atoms with Crippen molar-refractivity contribution in [1.82, 2.24) is 14.9 Å². The Bertz CT molecular complexity index is 1720. The molecular weight excluding hydrogens is 476 g/mol. The summed E-state index contributed by atoms with van der Waals surface area (Å²) >= 11 is 0. The highest BCUT2D eigenvalue weighted by Crippen LogP contribution is 2.56. The molecule has 0 unspecified atom stereocenters. The number of para-hydroxylation sites is 3. The summed E-state index contributed by atoms with van der Waals surface area (Å²) in [6.45, 7) is 6.15. The molecule has 1 aromatic heterocycles. The van der Waals surface area contributed by atoms with Crippen molar-refractivity contribution in [2.45, 2.75) is 38.8 Å². The van der Waals surface area contributed by atoms with Gasteiger partial charge in [0.05, 0.1) is 34.1 Å². The van der Waals surface area contributed by atoms with Gasteiger partial charge in [0, 0.05) is 11.6 Å². The Balaban J connectivity index is 1.54. The second-order valence-electron chi connectivity index (χ2n) is 10.8. The second kappa shape index (κ2) is 7.95. The van der Waals surface area contributed by atoms with Crippen LogP contribution in [-0.2, 0) is 21.5 Å². The number of carbonyl (C=O) groups excluding carboxylic acids is 2. The number of anilines is 1. The highest BCUT2D eigenvalue weighted by Gasteiger charge is 2.70. The number of rotatable bonds is 3. The van der Waals surface area contributed by atoms with Gasteiger partial charge in [-0.2, -0.15) is 0 Å². The fourth-order valence-electron chi connectivity index (χ4n) is 6.99. The van der Waals surface area contributed by atoms with Crippen molar-refractivity contribution in [3.8, 4) is 5.69 Å². The summed E-state index contributed by atoms with van der Waals surface area (Å²) in [5, 5.41) is 4.26. The number of benzene rings is 3. The van der Waals surface area contributed by atoms with Gasteiger partial charge in [-0.1, -0.05) is 69.3 Å². The number of hydrogen-bond acceptors (Lipinski definition) is 5. The van der Waals surface area contributed by atoms with Crippen LogP contribution in [0.25, 0.3) is 16.6 Å². The Morgan fingerprint density at radius 3 is 2.34 bits per heavy atom. The molecule has 3 aromatic carbocycles. The minimum absolute atomic E-state index is 0.0633. The van der Waals surface area contributed by atoms with Gasteiger partial charge in [0.15, 0.2) is 0 Å². The molecule has 3 aliphatic rings. The molecular formula is C31H28N4O3. The molecule has 3 aliphatic heterocycles. The van der Waals surface area contributed by atoms with Crippen LogP contribution in [-0.4, -0.2) is 27.4 Å². The summed E-state index contributed by atoms with van der Waals surface area (Å²) < 4.78 is 1.64. The zero-order chi connectivity index (χ0) is 26.3. The van der Waals surface area contributed by atoms with E-state index < -0.39 is 17.4 Å². The summed E-state index contributed by atoms with van der Waals surface area (Å²) in [5.41, 5.74) is 2.40. The molecule has 7 nitrogen and oxygen atoms in total. The van der Waals surface area contributed by atoms with Crippen LogP contribution in [0.1, 0.15) is 37.7 Å². The van der Waals surface area contributed by atoms with Crippen molar-refractivity contribution < 1.29 is 9.59 Å². The molecule has 0 bridgehead atoms. The van der Waals surface area contributed by atoms with E-state index in [0.29, 0.717) is 34.5 Å². The number of carbonyl (C=O) groups is 2. The molecule has 1 N–H and O–H groups in total. The average molecular weight is 505 g/mol. The average Bonchev–Trinajstić information content (AvgIpc) is 3.52. The number of fused-ring (bicyclic) bond motifs is 8. The minimum Gasteiger partial charge on any atom is -0.296 e. The van der Waals surface area contributed by atoms with Crippen LogP contribution in [0.3, 0.4) is 0 Å². The lowest BCUT2D eigenvalue weighted by molar-refractivity contribution is -0.123. The monoisotopic (exact) mass is 504 g/mol. The van der Waals surface area contributed by atoms with Crippen molar-refractivity contribution in [2.24, 2.45) is 17.8 Å². The normalized spacial score (nSPS) is 25.5. The van der Waals surface area contributed by atoms with Crippen LogP contribution in [0.5, 0.6) is 0 Å². The largest absolute Gasteiger partial charge is 0.296 e. The fraction of sp³-hybridized carbons (Fsp3) is 0.290. The van der Waals surface area contributed by atoms with E-state index >= 15 is 0 Å². The number of nitrogens with zero attached hydrogens (tertiary/aromatic N) is 3. The van der Waals surface area contributed by atoms with Crippen LogP contribution in [0.2, 0.25) is 0 Å². The third-order valence-corrected chi connectivity index (χ3v) is 8.63. The topological polar surface area (TPSA) is 84.3 Å². The van der Waals surface area contributed by atoms with E-state index in [-0.39, 0.29) is 29.3 Å². The highest BCUT2D eigenvalue weighted by molar-refractivity contribution is 6.23.